The number of carbonyl (C=O) groups excluding carboxylic acids is 1. The van der Waals surface area contributed by atoms with Crippen molar-refractivity contribution >= 4 is 15.9 Å². The van der Waals surface area contributed by atoms with Crippen molar-refractivity contribution in [3.63, 3.8) is 0 Å². The second-order valence-corrected chi connectivity index (χ2v) is 9.82. The standard InChI is InChI=1S/C20H27FN4O3S/c1-23(20(16-22)9-5-2-6-10-20)19(26)15-24-11-13-25(14-12-24)29(27,28)18-8-4-3-7-17(18)21/h3-4,7-8H,2,5-6,9-15H2,1H3/p+1. The van der Waals surface area contributed by atoms with Crippen molar-refractivity contribution in [2.75, 3.05) is 39.8 Å². The first-order valence-corrected chi connectivity index (χ1v) is 11.5. The van der Waals surface area contributed by atoms with Gasteiger partial charge in [-0.1, -0.05) is 31.4 Å². The zero-order valence-corrected chi connectivity index (χ0v) is 17.5. The van der Waals surface area contributed by atoms with Gasteiger partial charge in [0.15, 0.2) is 6.54 Å². The van der Waals surface area contributed by atoms with Gasteiger partial charge in [0.05, 0.1) is 32.2 Å². The smallest absolute Gasteiger partial charge is 0.278 e. The molecule has 0 spiro atoms. The molecular formula is C20H28FN4O3S+. The Morgan fingerprint density at radius 2 is 1.86 bits per heavy atom. The summed E-state index contributed by atoms with van der Waals surface area (Å²) in [4.78, 5) is 15.1. The van der Waals surface area contributed by atoms with Crippen LogP contribution in [0.25, 0.3) is 0 Å². The third kappa shape index (κ3) is 4.44. The zero-order chi connectivity index (χ0) is 21.1. The van der Waals surface area contributed by atoms with Crippen molar-refractivity contribution < 1.29 is 22.5 Å². The molecule has 158 valence electrons. The summed E-state index contributed by atoms with van der Waals surface area (Å²) in [5.74, 6) is -0.845. The van der Waals surface area contributed by atoms with Crippen LogP contribution in [0.3, 0.4) is 0 Å². The summed E-state index contributed by atoms with van der Waals surface area (Å²) in [5, 5.41) is 9.67. The first-order chi connectivity index (χ1) is 13.8. The lowest BCUT2D eigenvalue weighted by Crippen LogP contribution is -3.15. The minimum absolute atomic E-state index is 0.0890. The first-order valence-electron chi connectivity index (χ1n) is 10.1. The predicted octanol–water partition coefficient (Wildman–Crippen LogP) is 0.400. The monoisotopic (exact) mass is 423 g/mol. The van der Waals surface area contributed by atoms with E-state index >= 15 is 0 Å². The Bertz CT molecular complexity index is 885. The van der Waals surface area contributed by atoms with Crippen molar-refractivity contribution in [3.8, 4) is 6.07 Å². The maximum atomic E-state index is 13.9. The van der Waals surface area contributed by atoms with E-state index < -0.39 is 21.4 Å². The molecule has 1 aliphatic heterocycles. The number of halogens is 1. The fourth-order valence-corrected chi connectivity index (χ4v) is 5.75. The Hall–Kier alpha value is -2.02. The Morgan fingerprint density at radius 1 is 1.24 bits per heavy atom. The number of benzene rings is 1. The lowest BCUT2D eigenvalue weighted by Gasteiger charge is -2.39. The zero-order valence-electron chi connectivity index (χ0n) is 16.7. The highest BCUT2D eigenvalue weighted by Crippen LogP contribution is 2.32. The van der Waals surface area contributed by atoms with Crippen molar-refractivity contribution in [3.05, 3.63) is 30.1 Å². The maximum Gasteiger partial charge on any atom is 0.278 e. The molecule has 29 heavy (non-hydrogen) atoms. The number of carbonyl (C=O) groups is 1. The minimum atomic E-state index is -3.89. The molecular weight excluding hydrogens is 395 g/mol. The molecule has 0 unspecified atom stereocenters. The SMILES string of the molecule is CN(C(=O)C[NH+]1CCN(S(=O)(=O)c2ccccc2F)CC1)C1(C#N)CCCCC1. The van der Waals surface area contributed by atoms with Crippen LogP contribution in [0.5, 0.6) is 0 Å². The number of amides is 1. The summed E-state index contributed by atoms with van der Waals surface area (Å²) in [7, 11) is -2.18. The van der Waals surface area contributed by atoms with Crippen LogP contribution in [0.4, 0.5) is 4.39 Å². The number of quaternary nitrogens is 1. The number of likely N-dealkylation sites (N-methyl/N-ethyl adjacent to an activating group) is 1. The highest BCUT2D eigenvalue weighted by molar-refractivity contribution is 7.89. The average molecular weight is 424 g/mol. The molecule has 1 aromatic carbocycles. The van der Waals surface area contributed by atoms with Crippen LogP contribution in [-0.2, 0) is 14.8 Å². The Balaban J connectivity index is 1.59. The minimum Gasteiger partial charge on any atom is -0.325 e. The van der Waals surface area contributed by atoms with E-state index in [1.54, 1.807) is 11.9 Å². The van der Waals surface area contributed by atoms with E-state index in [1.807, 2.05) is 0 Å². The molecule has 1 heterocycles. The fraction of sp³-hybridized carbons (Fsp3) is 0.600. The fourth-order valence-electron chi connectivity index (χ4n) is 4.24. The van der Waals surface area contributed by atoms with Gasteiger partial charge in [0.1, 0.15) is 16.3 Å². The Labute approximate surface area is 171 Å². The van der Waals surface area contributed by atoms with Crippen LogP contribution in [0.15, 0.2) is 29.2 Å². The van der Waals surface area contributed by atoms with Crippen LogP contribution in [0.2, 0.25) is 0 Å². The maximum absolute atomic E-state index is 13.9. The lowest BCUT2D eigenvalue weighted by molar-refractivity contribution is -0.896. The molecule has 1 N–H and O–H groups in total. The summed E-state index contributed by atoms with van der Waals surface area (Å²) in [6.07, 6.45) is 4.40. The number of sulfonamides is 1. The molecule has 0 radical (unpaired) electrons. The van der Waals surface area contributed by atoms with Gasteiger partial charge in [0.2, 0.25) is 10.0 Å². The molecule has 2 fully saturated rings. The number of rotatable bonds is 5. The van der Waals surface area contributed by atoms with Gasteiger partial charge in [-0.25, -0.2) is 12.8 Å². The normalized spacial score (nSPS) is 20.7. The van der Waals surface area contributed by atoms with E-state index in [-0.39, 0.29) is 30.4 Å². The van der Waals surface area contributed by atoms with Crippen molar-refractivity contribution in [1.29, 1.82) is 5.26 Å². The second-order valence-electron chi connectivity index (χ2n) is 7.92. The van der Waals surface area contributed by atoms with Gasteiger partial charge in [0.25, 0.3) is 5.91 Å². The average Bonchev–Trinajstić information content (AvgIpc) is 2.74. The highest BCUT2D eigenvalue weighted by Gasteiger charge is 2.40. The van der Waals surface area contributed by atoms with Gasteiger partial charge in [-0.15, -0.1) is 0 Å². The third-order valence-electron chi connectivity index (χ3n) is 6.19. The quantitative estimate of drug-likeness (QED) is 0.743. The van der Waals surface area contributed by atoms with Gasteiger partial charge in [0, 0.05) is 7.05 Å². The van der Waals surface area contributed by atoms with Crippen LogP contribution in [-0.4, -0.2) is 68.8 Å². The summed E-state index contributed by atoms with van der Waals surface area (Å²) >= 11 is 0. The van der Waals surface area contributed by atoms with Gasteiger partial charge < -0.3 is 9.80 Å². The first kappa shape index (κ1) is 21.7. The largest absolute Gasteiger partial charge is 0.325 e. The molecule has 0 aromatic heterocycles. The van der Waals surface area contributed by atoms with E-state index in [2.05, 4.69) is 6.07 Å². The molecule has 1 aliphatic carbocycles. The van der Waals surface area contributed by atoms with E-state index in [4.69, 9.17) is 0 Å². The predicted molar refractivity (Wildman–Crippen MR) is 105 cm³/mol. The number of nitrogens with one attached hydrogen (secondary N) is 1. The Kier molecular flexibility index (Phi) is 6.56. The molecule has 3 rings (SSSR count). The molecule has 1 saturated carbocycles. The van der Waals surface area contributed by atoms with E-state index in [0.29, 0.717) is 25.9 Å². The molecule has 1 amide bonds. The van der Waals surface area contributed by atoms with Crippen LogP contribution in [0.1, 0.15) is 32.1 Å². The Morgan fingerprint density at radius 3 is 2.45 bits per heavy atom. The summed E-state index contributed by atoms with van der Waals surface area (Å²) in [6.45, 7) is 1.62. The molecule has 9 heteroatoms. The van der Waals surface area contributed by atoms with Crippen molar-refractivity contribution in [1.82, 2.24) is 9.21 Å². The van der Waals surface area contributed by atoms with E-state index in [0.717, 1.165) is 30.2 Å². The van der Waals surface area contributed by atoms with Crippen molar-refractivity contribution in [2.24, 2.45) is 0 Å². The summed E-state index contributed by atoms with van der Waals surface area (Å²) in [6, 6.07) is 7.73. The second kappa shape index (κ2) is 8.78. The number of nitrogens with zero attached hydrogens (tertiary/aromatic N) is 3. The van der Waals surface area contributed by atoms with Crippen LogP contribution < -0.4 is 4.90 Å². The lowest BCUT2D eigenvalue weighted by atomic mass is 9.81. The molecule has 0 bridgehead atoms. The summed E-state index contributed by atoms with van der Waals surface area (Å²) in [5.41, 5.74) is -0.717. The number of nitriles is 1. The number of piperazine rings is 1. The van der Waals surface area contributed by atoms with Gasteiger partial charge >= 0.3 is 0 Å². The third-order valence-corrected chi connectivity index (χ3v) is 8.12. The molecule has 7 nitrogen and oxygen atoms in total. The van der Waals surface area contributed by atoms with Crippen molar-refractivity contribution in [2.45, 2.75) is 42.5 Å². The number of hydrogen-bond acceptors (Lipinski definition) is 4. The topological polar surface area (TPSA) is 85.9 Å². The van der Waals surface area contributed by atoms with Gasteiger partial charge in [-0.3, -0.25) is 4.79 Å². The van der Waals surface area contributed by atoms with Gasteiger partial charge in [-0.05, 0) is 25.0 Å². The van der Waals surface area contributed by atoms with Crippen LogP contribution in [0, 0.1) is 17.1 Å². The molecule has 1 aromatic rings. The molecule has 2 aliphatic rings. The van der Waals surface area contributed by atoms with E-state index in [9.17, 15) is 22.9 Å². The molecule has 0 atom stereocenters. The molecule has 1 saturated heterocycles. The summed E-state index contributed by atoms with van der Waals surface area (Å²) < 4.78 is 40.6. The van der Waals surface area contributed by atoms with E-state index in [1.165, 1.54) is 22.5 Å². The highest BCUT2D eigenvalue weighted by atomic mass is 32.2. The van der Waals surface area contributed by atoms with Gasteiger partial charge in [-0.2, -0.15) is 9.57 Å². The van der Waals surface area contributed by atoms with Crippen LogP contribution >= 0.6 is 0 Å². The number of hydrogen-bond donors (Lipinski definition) is 1.